The fourth-order valence-electron chi connectivity index (χ4n) is 1.86. The third-order valence-electron chi connectivity index (χ3n) is 4.44. The molecule has 0 rings (SSSR count). The second-order valence-electron chi connectivity index (χ2n) is 9.21. The minimum Gasteiger partial charge on any atom is -0.462 e. The van der Waals surface area contributed by atoms with E-state index < -0.39 is 16.4 Å². The van der Waals surface area contributed by atoms with E-state index in [0.29, 0.717) is 6.61 Å². The maximum absolute atomic E-state index is 11.0. The van der Waals surface area contributed by atoms with E-state index in [-0.39, 0.29) is 17.1 Å². The first-order chi connectivity index (χ1) is 11.2. The van der Waals surface area contributed by atoms with E-state index in [1.807, 2.05) is 6.08 Å². The van der Waals surface area contributed by atoms with Crippen molar-refractivity contribution in [1.29, 1.82) is 0 Å². The van der Waals surface area contributed by atoms with Crippen LogP contribution < -0.4 is 0 Å². The van der Waals surface area contributed by atoms with E-state index in [4.69, 9.17) is 9.16 Å². The average molecular weight is 383 g/mol. The van der Waals surface area contributed by atoms with Gasteiger partial charge in [0.2, 0.25) is 0 Å². The van der Waals surface area contributed by atoms with Crippen molar-refractivity contribution in [3.63, 3.8) is 0 Å². The number of hydrogen-bond donors (Lipinski definition) is 0. The number of esters is 1. The third-order valence-corrected chi connectivity index (χ3v) is 9.85. The van der Waals surface area contributed by atoms with E-state index in [1.165, 1.54) is 6.92 Å². The summed E-state index contributed by atoms with van der Waals surface area (Å²) >= 11 is 0. The standard InChI is InChI=1S/C20H38O3Si2/c1-17(14-15-22-18(2)21)19(13-11-12-16-24(6,7)8)23-25(9,10)20(3,4)5/h14,19H,11,13,15H2,1-10H3/b17-14+/t19-/m0/s1. The summed E-state index contributed by atoms with van der Waals surface area (Å²) < 4.78 is 11.7. The van der Waals surface area contributed by atoms with Crippen LogP contribution in [-0.2, 0) is 14.0 Å². The van der Waals surface area contributed by atoms with Crippen molar-refractivity contribution in [2.45, 2.75) is 91.3 Å². The molecule has 0 radical (unpaired) electrons. The second-order valence-corrected chi connectivity index (χ2v) is 18.7. The minimum absolute atomic E-state index is 0.0346. The van der Waals surface area contributed by atoms with Crippen LogP contribution in [-0.4, -0.2) is 35.1 Å². The predicted molar refractivity (Wildman–Crippen MR) is 113 cm³/mol. The van der Waals surface area contributed by atoms with Crippen LogP contribution in [0.15, 0.2) is 11.6 Å². The summed E-state index contributed by atoms with van der Waals surface area (Å²) in [6.07, 6.45) is 3.72. The van der Waals surface area contributed by atoms with Gasteiger partial charge in [0, 0.05) is 13.3 Å². The second kappa shape index (κ2) is 9.75. The Balaban J connectivity index is 5.16. The summed E-state index contributed by atoms with van der Waals surface area (Å²) in [7, 11) is -3.21. The summed E-state index contributed by atoms with van der Waals surface area (Å²) in [6.45, 7) is 21.9. The van der Waals surface area contributed by atoms with Gasteiger partial charge < -0.3 is 9.16 Å². The van der Waals surface area contributed by atoms with Crippen LogP contribution >= 0.6 is 0 Å². The molecule has 0 bridgehead atoms. The molecule has 3 nitrogen and oxygen atoms in total. The number of carbonyl (C=O) groups excluding carboxylic acids is 1. The lowest BCUT2D eigenvalue weighted by Crippen LogP contribution is -2.44. The summed E-state index contributed by atoms with van der Waals surface area (Å²) in [5, 5.41) is 0.158. The molecule has 0 saturated carbocycles. The highest BCUT2D eigenvalue weighted by atomic mass is 28.4. The zero-order valence-corrected chi connectivity index (χ0v) is 20.0. The molecule has 5 heteroatoms. The van der Waals surface area contributed by atoms with Gasteiger partial charge in [-0.15, -0.1) is 11.5 Å². The van der Waals surface area contributed by atoms with Crippen LogP contribution in [0.4, 0.5) is 0 Å². The van der Waals surface area contributed by atoms with Crippen LogP contribution in [0.3, 0.4) is 0 Å². The number of hydrogen-bond acceptors (Lipinski definition) is 3. The van der Waals surface area contributed by atoms with Crippen molar-refractivity contribution >= 4 is 22.4 Å². The maximum atomic E-state index is 11.0. The van der Waals surface area contributed by atoms with Gasteiger partial charge in [0.25, 0.3) is 0 Å². The Labute approximate surface area is 157 Å². The number of ether oxygens (including phenoxy) is 1. The molecule has 0 amide bonds. The van der Waals surface area contributed by atoms with Crippen LogP contribution in [0, 0.1) is 11.5 Å². The molecule has 0 aromatic heterocycles. The van der Waals surface area contributed by atoms with Crippen LogP contribution in [0.5, 0.6) is 0 Å². The lowest BCUT2D eigenvalue weighted by molar-refractivity contribution is -0.139. The minimum atomic E-state index is -1.88. The van der Waals surface area contributed by atoms with Gasteiger partial charge in [0.05, 0.1) is 6.10 Å². The first kappa shape index (κ1) is 24.2. The van der Waals surface area contributed by atoms with E-state index >= 15 is 0 Å². The first-order valence-corrected chi connectivity index (χ1v) is 15.5. The summed E-state index contributed by atoms with van der Waals surface area (Å²) in [5.74, 6) is 3.09. The summed E-state index contributed by atoms with van der Waals surface area (Å²) in [4.78, 5) is 11.0. The van der Waals surface area contributed by atoms with Gasteiger partial charge in [0.1, 0.15) is 14.7 Å². The first-order valence-electron chi connectivity index (χ1n) is 9.13. The quantitative estimate of drug-likeness (QED) is 0.251. The third kappa shape index (κ3) is 10.7. The normalized spacial score (nSPS) is 14.6. The van der Waals surface area contributed by atoms with Crippen LogP contribution in [0.25, 0.3) is 0 Å². The van der Waals surface area contributed by atoms with Gasteiger partial charge in [-0.3, -0.25) is 4.79 Å². The van der Waals surface area contributed by atoms with Crippen LogP contribution in [0.2, 0.25) is 37.8 Å². The highest BCUT2D eigenvalue weighted by Gasteiger charge is 2.39. The van der Waals surface area contributed by atoms with Gasteiger partial charge >= 0.3 is 5.97 Å². The smallest absolute Gasteiger partial charge is 0.302 e. The Kier molecular flexibility index (Phi) is 9.42. The molecule has 0 aromatic carbocycles. The highest BCUT2D eigenvalue weighted by molar-refractivity contribution is 6.83. The van der Waals surface area contributed by atoms with E-state index in [2.05, 4.69) is 71.9 Å². The van der Waals surface area contributed by atoms with Crippen LogP contribution in [0.1, 0.15) is 47.5 Å². The monoisotopic (exact) mass is 382 g/mol. The summed E-state index contributed by atoms with van der Waals surface area (Å²) in [6, 6.07) is 0. The molecule has 0 saturated heterocycles. The molecule has 0 aliphatic heterocycles. The number of carbonyl (C=O) groups is 1. The fourth-order valence-corrected chi connectivity index (χ4v) is 3.89. The molecule has 0 aliphatic carbocycles. The molecule has 0 heterocycles. The van der Waals surface area contributed by atoms with Gasteiger partial charge in [-0.25, -0.2) is 0 Å². The number of rotatable bonds is 7. The molecule has 0 fully saturated rings. The molecule has 0 unspecified atom stereocenters. The van der Waals surface area contributed by atoms with Gasteiger partial charge in [0.15, 0.2) is 8.32 Å². The molecule has 0 aliphatic rings. The molecule has 0 spiro atoms. The molecular weight excluding hydrogens is 344 g/mol. The Bertz CT molecular complexity index is 526. The van der Waals surface area contributed by atoms with Gasteiger partial charge in [-0.05, 0) is 43.1 Å². The van der Waals surface area contributed by atoms with Crippen molar-refractivity contribution in [3.8, 4) is 11.5 Å². The van der Waals surface area contributed by atoms with E-state index in [0.717, 1.165) is 18.4 Å². The predicted octanol–water partition coefficient (Wildman–Crippen LogP) is 5.55. The van der Waals surface area contributed by atoms with Gasteiger partial charge in [-0.2, -0.15) is 0 Å². The molecule has 144 valence electrons. The average Bonchev–Trinajstić information content (AvgIpc) is 2.39. The largest absolute Gasteiger partial charge is 0.462 e. The molecule has 0 aromatic rings. The SMILES string of the molecule is CC(=O)OC/C=C(\C)[C@H](CCC#C[Si](C)(C)C)O[Si](C)(C)C(C)(C)C. The van der Waals surface area contributed by atoms with Crippen molar-refractivity contribution in [2.24, 2.45) is 0 Å². The zero-order chi connectivity index (χ0) is 19.9. The van der Waals surface area contributed by atoms with Crippen molar-refractivity contribution in [1.82, 2.24) is 0 Å². The molecular formula is C20H38O3Si2. The molecule has 1 atom stereocenters. The van der Waals surface area contributed by atoms with Crippen molar-refractivity contribution < 1.29 is 14.0 Å². The van der Waals surface area contributed by atoms with E-state index in [1.54, 1.807) is 0 Å². The van der Waals surface area contributed by atoms with E-state index in [9.17, 15) is 4.79 Å². The Morgan fingerprint density at radius 1 is 1.12 bits per heavy atom. The maximum Gasteiger partial charge on any atom is 0.302 e. The summed E-state index contributed by atoms with van der Waals surface area (Å²) in [5.41, 5.74) is 4.55. The van der Waals surface area contributed by atoms with Crippen molar-refractivity contribution in [3.05, 3.63) is 11.6 Å². The lowest BCUT2D eigenvalue weighted by Gasteiger charge is -2.39. The van der Waals surface area contributed by atoms with Gasteiger partial charge in [-0.1, -0.05) is 40.4 Å². The zero-order valence-electron chi connectivity index (χ0n) is 18.0. The lowest BCUT2D eigenvalue weighted by atomic mass is 10.1. The fraction of sp³-hybridized carbons (Fsp3) is 0.750. The Hall–Kier alpha value is -0.836. The van der Waals surface area contributed by atoms with Crippen molar-refractivity contribution in [2.75, 3.05) is 6.61 Å². The Morgan fingerprint density at radius 2 is 1.68 bits per heavy atom. The molecule has 0 N–H and O–H groups in total. The molecule has 25 heavy (non-hydrogen) atoms. The highest BCUT2D eigenvalue weighted by Crippen LogP contribution is 2.38. The Morgan fingerprint density at radius 3 is 2.12 bits per heavy atom. The topological polar surface area (TPSA) is 35.5 Å².